The molecule has 0 aromatic heterocycles. The zero-order chi connectivity index (χ0) is 27.6. The molecule has 0 radical (unpaired) electrons. The van der Waals surface area contributed by atoms with E-state index in [-0.39, 0.29) is 22.5 Å². The van der Waals surface area contributed by atoms with Crippen LogP contribution in [0.4, 0.5) is 0 Å². The smallest absolute Gasteiger partial charge is 0.323 e. The fourth-order valence-electron chi connectivity index (χ4n) is 3.97. The molecule has 0 spiro atoms. The molecule has 4 N–H and O–H groups in total. The van der Waals surface area contributed by atoms with Gasteiger partial charge in [-0.05, 0) is 44.0 Å². The maximum absolute atomic E-state index is 13.1. The van der Waals surface area contributed by atoms with E-state index in [4.69, 9.17) is 10.5 Å². The number of nitrogens with two attached hydrogens (primary N) is 1. The second-order valence-corrected chi connectivity index (χ2v) is 12.1. The number of carbonyl (C=O) groups excluding carboxylic acids is 4. The van der Waals surface area contributed by atoms with Gasteiger partial charge >= 0.3 is 5.97 Å². The standard InChI is InChI=1S/C27H29N3O6S2/c1-27(2,3)36-25(34)21-17(14-37-26(35)15-8-5-4-6-9-15)13-30-23(33)20(24(30)38-21)29-22(32)19(28)16-10-7-11-18(31)12-16/h4-13,19-21,24,31H,14,28H2,1-3H3,(H,29,32)/t19?,20?,21?,24-/m1/s1. The van der Waals surface area contributed by atoms with Gasteiger partial charge in [-0.3, -0.25) is 19.2 Å². The number of aromatic hydroxyl groups is 1. The van der Waals surface area contributed by atoms with Gasteiger partial charge in [0.05, 0.1) is 0 Å². The molecule has 1 fully saturated rings. The number of nitrogens with one attached hydrogen (secondary N) is 1. The van der Waals surface area contributed by atoms with Crippen LogP contribution in [-0.4, -0.2) is 60.9 Å². The maximum atomic E-state index is 13.1. The second-order valence-electron chi connectivity index (χ2n) is 9.89. The highest BCUT2D eigenvalue weighted by molar-refractivity contribution is 8.14. The molecule has 9 nitrogen and oxygen atoms in total. The van der Waals surface area contributed by atoms with E-state index in [0.29, 0.717) is 16.7 Å². The summed E-state index contributed by atoms with van der Waals surface area (Å²) in [5.41, 5.74) is 6.84. The van der Waals surface area contributed by atoms with Gasteiger partial charge in [-0.2, -0.15) is 0 Å². The first kappa shape index (κ1) is 27.7. The molecule has 4 rings (SSSR count). The maximum Gasteiger partial charge on any atom is 0.323 e. The van der Waals surface area contributed by atoms with E-state index in [9.17, 15) is 24.3 Å². The number of fused-ring (bicyclic) bond motifs is 1. The Balaban J connectivity index is 1.49. The minimum atomic E-state index is -1.09. The Hall–Kier alpha value is -3.28. The predicted octanol–water partition coefficient (Wildman–Crippen LogP) is 2.96. The lowest BCUT2D eigenvalue weighted by atomic mass is 10.0. The zero-order valence-corrected chi connectivity index (χ0v) is 22.8. The van der Waals surface area contributed by atoms with E-state index in [0.717, 1.165) is 11.8 Å². The third-order valence-electron chi connectivity index (χ3n) is 5.81. The van der Waals surface area contributed by atoms with Crippen LogP contribution in [0.1, 0.15) is 42.7 Å². The second kappa shape index (κ2) is 11.2. The van der Waals surface area contributed by atoms with Crippen LogP contribution in [0.5, 0.6) is 5.75 Å². The number of carbonyl (C=O) groups is 4. The fraction of sp³-hybridized carbons (Fsp3) is 0.333. The Kier molecular flexibility index (Phi) is 8.19. The number of benzene rings is 2. The number of thioether (sulfide) groups is 2. The van der Waals surface area contributed by atoms with Gasteiger partial charge in [0.15, 0.2) is 0 Å². The number of hydrogen-bond acceptors (Lipinski definition) is 9. The van der Waals surface area contributed by atoms with E-state index in [1.807, 2.05) is 6.07 Å². The average molecular weight is 556 g/mol. The molecule has 0 bridgehead atoms. The Morgan fingerprint density at radius 1 is 1.16 bits per heavy atom. The van der Waals surface area contributed by atoms with Gasteiger partial charge in [0.2, 0.25) is 11.0 Å². The molecule has 200 valence electrons. The Morgan fingerprint density at radius 3 is 2.53 bits per heavy atom. The Labute approximate surface area is 229 Å². The Morgan fingerprint density at radius 2 is 1.87 bits per heavy atom. The van der Waals surface area contributed by atoms with Crippen molar-refractivity contribution in [2.24, 2.45) is 5.73 Å². The average Bonchev–Trinajstić information content (AvgIpc) is 2.88. The zero-order valence-electron chi connectivity index (χ0n) is 21.1. The van der Waals surface area contributed by atoms with Gasteiger partial charge in [-0.1, -0.05) is 54.2 Å². The van der Waals surface area contributed by atoms with Crippen molar-refractivity contribution in [3.63, 3.8) is 0 Å². The molecule has 2 aromatic rings. The molecule has 2 aliphatic rings. The molecule has 4 atom stereocenters. The topological polar surface area (TPSA) is 139 Å². The van der Waals surface area contributed by atoms with Crippen LogP contribution in [0.2, 0.25) is 0 Å². The SMILES string of the molecule is CC(C)(C)OC(=O)C1S[C@@H]2C(NC(=O)C(N)c3cccc(O)c3)C(=O)N2C=C1CSC(=O)c1ccccc1. The third kappa shape index (κ3) is 6.23. The van der Waals surface area contributed by atoms with Crippen molar-refractivity contribution in [1.29, 1.82) is 0 Å². The summed E-state index contributed by atoms with van der Waals surface area (Å²) in [6, 6.07) is 12.9. The summed E-state index contributed by atoms with van der Waals surface area (Å²) in [7, 11) is 0. The lowest BCUT2D eigenvalue weighted by Gasteiger charge is -2.49. The predicted molar refractivity (Wildman–Crippen MR) is 146 cm³/mol. The molecule has 11 heteroatoms. The van der Waals surface area contributed by atoms with Gasteiger partial charge in [0.1, 0.15) is 34.1 Å². The van der Waals surface area contributed by atoms with Crippen molar-refractivity contribution in [1.82, 2.24) is 10.2 Å². The van der Waals surface area contributed by atoms with Gasteiger partial charge in [-0.25, -0.2) is 0 Å². The summed E-state index contributed by atoms with van der Waals surface area (Å²) < 4.78 is 5.63. The number of phenolic OH excluding ortho intramolecular Hbond substituents is 1. The summed E-state index contributed by atoms with van der Waals surface area (Å²) in [4.78, 5) is 53.0. The molecule has 2 heterocycles. The van der Waals surface area contributed by atoms with Crippen LogP contribution in [0.15, 0.2) is 66.4 Å². The lowest BCUT2D eigenvalue weighted by molar-refractivity contribution is -0.154. The van der Waals surface area contributed by atoms with Crippen LogP contribution in [-0.2, 0) is 19.1 Å². The highest BCUT2D eigenvalue weighted by Crippen LogP contribution is 2.42. The first-order chi connectivity index (χ1) is 17.9. The van der Waals surface area contributed by atoms with Crippen molar-refractivity contribution in [3.05, 3.63) is 77.5 Å². The molecule has 2 aromatic carbocycles. The summed E-state index contributed by atoms with van der Waals surface area (Å²) >= 11 is 2.24. The van der Waals surface area contributed by atoms with Crippen LogP contribution < -0.4 is 11.1 Å². The molecule has 2 aliphatic heterocycles. The number of β-lactam (4-membered cyclic amide) rings is 1. The van der Waals surface area contributed by atoms with Gasteiger partial charge in [-0.15, -0.1) is 11.8 Å². The lowest BCUT2D eigenvalue weighted by Crippen LogP contribution is -2.69. The summed E-state index contributed by atoms with van der Waals surface area (Å²) in [6.07, 6.45) is 1.58. The molecular formula is C27H29N3O6S2. The van der Waals surface area contributed by atoms with Crippen molar-refractivity contribution >= 4 is 46.4 Å². The number of amides is 2. The largest absolute Gasteiger partial charge is 0.508 e. The number of phenols is 1. The monoisotopic (exact) mass is 555 g/mol. The quantitative estimate of drug-likeness (QED) is 0.348. The van der Waals surface area contributed by atoms with Crippen LogP contribution in [0.3, 0.4) is 0 Å². The number of rotatable bonds is 7. The van der Waals surface area contributed by atoms with E-state index < -0.39 is 40.2 Å². The molecule has 1 saturated heterocycles. The summed E-state index contributed by atoms with van der Waals surface area (Å²) in [6.45, 7) is 5.29. The minimum absolute atomic E-state index is 0.0269. The molecule has 2 amide bonds. The third-order valence-corrected chi connectivity index (χ3v) is 8.33. The van der Waals surface area contributed by atoms with Crippen molar-refractivity contribution < 1.29 is 29.0 Å². The molecule has 38 heavy (non-hydrogen) atoms. The summed E-state index contributed by atoms with van der Waals surface area (Å²) in [5, 5.41) is 10.9. The number of esters is 1. The van der Waals surface area contributed by atoms with E-state index in [1.165, 1.54) is 28.8 Å². The molecule has 0 saturated carbocycles. The van der Waals surface area contributed by atoms with E-state index in [1.54, 1.807) is 63.4 Å². The van der Waals surface area contributed by atoms with Crippen molar-refractivity contribution in [2.45, 2.75) is 49.1 Å². The first-order valence-corrected chi connectivity index (χ1v) is 13.9. The van der Waals surface area contributed by atoms with Crippen LogP contribution >= 0.6 is 23.5 Å². The van der Waals surface area contributed by atoms with Crippen molar-refractivity contribution in [2.75, 3.05) is 5.75 Å². The molecule has 0 aliphatic carbocycles. The fourth-order valence-corrected chi connectivity index (χ4v) is 6.31. The van der Waals surface area contributed by atoms with Crippen molar-refractivity contribution in [3.8, 4) is 5.75 Å². The molecular weight excluding hydrogens is 526 g/mol. The van der Waals surface area contributed by atoms with Gasteiger partial charge in [0, 0.05) is 17.5 Å². The molecule has 3 unspecified atom stereocenters. The highest BCUT2D eigenvalue weighted by atomic mass is 32.2. The highest BCUT2D eigenvalue weighted by Gasteiger charge is 2.53. The number of hydrogen-bond donors (Lipinski definition) is 3. The normalized spacial score (nSPS) is 21.5. The van der Waals surface area contributed by atoms with E-state index >= 15 is 0 Å². The van der Waals surface area contributed by atoms with Crippen LogP contribution in [0.25, 0.3) is 0 Å². The minimum Gasteiger partial charge on any atom is -0.508 e. The number of nitrogens with zero attached hydrogens (tertiary/aromatic N) is 1. The van der Waals surface area contributed by atoms with Crippen LogP contribution in [0, 0.1) is 0 Å². The first-order valence-electron chi connectivity index (χ1n) is 11.9. The summed E-state index contributed by atoms with van der Waals surface area (Å²) in [5.74, 6) is -1.25. The van der Waals surface area contributed by atoms with E-state index in [2.05, 4.69) is 5.32 Å². The van der Waals surface area contributed by atoms with Gasteiger partial charge < -0.3 is 25.8 Å². The van der Waals surface area contributed by atoms with Gasteiger partial charge in [0.25, 0.3) is 5.91 Å². The number of ether oxygens (including phenoxy) is 1. The Bertz CT molecular complexity index is 1280.